The summed E-state index contributed by atoms with van der Waals surface area (Å²) in [6, 6.07) is 14.3. The molecule has 0 aliphatic carbocycles. The molecule has 0 radical (unpaired) electrons. The monoisotopic (exact) mass is 531 g/mol. The summed E-state index contributed by atoms with van der Waals surface area (Å²) in [7, 11) is 0. The predicted octanol–water partition coefficient (Wildman–Crippen LogP) is 7.22. The number of nitrogens with zero attached hydrogens (tertiary/aromatic N) is 1. The zero-order valence-electron chi connectivity index (χ0n) is 18.6. The van der Waals surface area contributed by atoms with E-state index >= 15 is 0 Å². The molecule has 0 fully saturated rings. The molecule has 0 atom stereocenters. The molecule has 0 bridgehead atoms. The number of rotatable bonds is 7. The van der Waals surface area contributed by atoms with Crippen molar-refractivity contribution in [2.75, 3.05) is 6.79 Å². The maximum absolute atomic E-state index is 12.3. The van der Waals surface area contributed by atoms with Gasteiger partial charge in [-0.1, -0.05) is 47.8 Å². The summed E-state index contributed by atoms with van der Waals surface area (Å²) in [6.45, 7) is 2.49. The molecule has 9 heteroatoms. The molecule has 0 saturated heterocycles. The van der Waals surface area contributed by atoms with Crippen LogP contribution >= 0.6 is 34.8 Å². The van der Waals surface area contributed by atoms with Crippen molar-refractivity contribution >= 4 is 51.7 Å². The fraction of sp³-hybridized carbons (Fsp3) is 0.192. The SMILES string of the molecule is CCc1c(C(=O)O)n(Cc2cc3c(cc2Cl)OCO3)c2ccc(OCc3c(Cl)cccc3Cl)cc12. The van der Waals surface area contributed by atoms with Crippen LogP contribution in [-0.4, -0.2) is 22.4 Å². The second kappa shape index (κ2) is 9.53. The van der Waals surface area contributed by atoms with Crippen molar-refractivity contribution in [3.8, 4) is 17.2 Å². The number of hydrogen-bond acceptors (Lipinski definition) is 4. The van der Waals surface area contributed by atoms with Gasteiger partial charge >= 0.3 is 5.97 Å². The standard InChI is InChI=1S/C26H20Cl3NO5/c1-2-16-17-9-15(33-12-18-19(27)4-3-5-20(18)28)6-7-22(17)30(25(16)26(31)32)11-14-8-23-24(10-21(14)29)35-13-34-23/h3-10H,2,11-13H2,1H3,(H,31,32). The number of ether oxygens (including phenoxy) is 3. The number of hydrogen-bond donors (Lipinski definition) is 1. The van der Waals surface area contributed by atoms with E-state index in [2.05, 4.69) is 0 Å². The van der Waals surface area contributed by atoms with Crippen molar-refractivity contribution in [2.45, 2.75) is 26.5 Å². The molecular formula is C26H20Cl3NO5. The summed E-state index contributed by atoms with van der Waals surface area (Å²) >= 11 is 19.0. The van der Waals surface area contributed by atoms with Gasteiger partial charge in [-0.2, -0.15) is 0 Å². The molecule has 4 aromatic rings. The number of carboxylic acid groups (broad SMARTS) is 1. The number of carbonyl (C=O) groups is 1. The quantitative estimate of drug-likeness (QED) is 0.272. The Hall–Kier alpha value is -3.06. The van der Waals surface area contributed by atoms with E-state index in [1.807, 2.05) is 19.1 Å². The molecular weight excluding hydrogens is 513 g/mol. The molecule has 5 rings (SSSR count). The van der Waals surface area contributed by atoms with E-state index in [-0.39, 0.29) is 25.6 Å². The van der Waals surface area contributed by atoms with Crippen LogP contribution in [0.25, 0.3) is 10.9 Å². The van der Waals surface area contributed by atoms with Crippen molar-refractivity contribution in [1.82, 2.24) is 4.57 Å². The fourth-order valence-electron chi connectivity index (χ4n) is 4.34. The molecule has 0 spiro atoms. The molecule has 1 aliphatic rings. The normalized spacial score (nSPS) is 12.3. The topological polar surface area (TPSA) is 69.9 Å². The van der Waals surface area contributed by atoms with Gasteiger partial charge in [0, 0.05) is 37.6 Å². The fourth-order valence-corrected chi connectivity index (χ4v) is 5.06. The van der Waals surface area contributed by atoms with E-state index in [4.69, 9.17) is 49.0 Å². The third kappa shape index (κ3) is 4.38. The zero-order chi connectivity index (χ0) is 24.7. The van der Waals surface area contributed by atoms with Crippen LogP contribution in [0.5, 0.6) is 17.2 Å². The van der Waals surface area contributed by atoms with Gasteiger partial charge in [0.25, 0.3) is 0 Å². The molecule has 35 heavy (non-hydrogen) atoms. The van der Waals surface area contributed by atoms with E-state index in [0.717, 1.165) is 16.5 Å². The van der Waals surface area contributed by atoms with Crippen LogP contribution < -0.4 is 14.2 Å². The minimum atomic E-state index is -1.01. The molecule has 0 amide bonds. The number of benzene rings is 3. The maximum Gasteiger partial charge on any atom is 0.352 e. The maximum atomic E-state index is 12.3. The van der Waals surface area contributed by atoms with Crippen LogP contribution in [0.2, 0.25) is 15.1 Å². The van der Waals surface area contributed by atoms with Gasteiger partial charge in [-0.25, -0.2) is 4.79 Å². The van der Waals surface area contributed by atoms with Gasteiger partial charge in [-0.15, -0.1) is 0 Å². The third-order valence-corrected chi connectivity index (χ3v) is 7.07. The Bertz CT molecular complexity index is 1440. The van der Waals surface area contributed by atoms with E-state index < -0.39 is 5.97 Å². The highest BCUT2D eigenvalue weighted by molar-refractivity contribution is 6.36. The van der Waals surface area contributed by atoms with E-state index in [0.29, 0.717) is 49.9 Å². The second-order valence-electron chi connectivity index (χ2n) is 8.04. The molecule has 2 heterocycles. The third-order valence-electron chi connectivity index (χ3n) is 6.01. The van der Waals surface area contributed by atoms with Crippen LogP contribution in [0.1, 0.15) is 34.1 Å². The second-order valence-corrected chi connectivity index (χ2v) is 9.26. The zero-order valence-corrected chi connectivity index (χ0v) is 20.9. The largest absolute Gasteiger partial charge is 0.489 e. The van der Waals surface area contributed by atoms with Crippen LogP contribution in [0, 0.1) is 0 Å². The van der Waals surface area contributed by atoms with Crippen molar-refractivity contribution in [3.05, 3.63) is 86.0 Å². The summed E-state index contributed by atoms with van der Waals surface area (Å²) < 4.78 is 18.6. The van der Waals surface area contributed by atoms with Gasteiger partial charge in [0.1, 0.15) is 18.1 Å². The first-order chi connectivity index (χ1) is 16.9. The smallest absolute Gasteiger partial charge is 0.352 e. The number of aromatic nitrogens is 1. The summed E-state index contributed by atoms with van der Waals surface area (Å²) in [6.07, 6.45) is 0.528. The summed E-state index contributed by atoms with van der Waals surface area (Å²) in [5.41, 5.74) is 3.10. The summed E-state index contributed by atoms with van der Waals surface area (Å²) in [5.74, 6) is 0.727. The van der Waals surface area contributed by atoms with Crippen LogP contribution in [0.4, 0.5) is 0 Å². The van der Waals surface area contributed by atoms with Gasteiger partial charge < -0.3 is 23.9 Å². The van der Waals surface area contributed by atoms with Gasteiger partial charge in [-0.05, 0) is 53.9 Å². The number of aryl methyl sites for hydroxylation is 1. The Morgan fingerprint density at radius 3 is 2.40 bits per heavy atom. The molecule has 1 aromatic heterocycles. The Morgan fingerprint density at radius 2 is 1.71 bits per heavy atom. The van der Waals surface area contributed by atoms with Gasteiger partial charge in [-0.3, -0.25) is 0 Å². The average Bonchev–Trinajstić information content (AvgIpc) is 3.40. The molecule has 6 nitrogen and oxygen atoms in total. The molecule has 0 saturated carbocycles. The average molecular weight is 533 g/mol. The Morgan fingerprint density at radius 1 is 1.00 bits per heavy atom. The van der Waals surface area contributed by atoms with Gasteiger partial charge in [0.15, 0.2) is 11.5 Å². The van der Waals surface area contributed by atoms with E-state index in [1.165, 1.54) is 0 Å². The first-order valence-corrected chi connectivity index (χ1v) is 12.0. The van der Waals surface area contributed by atoms with E-state index in [9.17, 15) is 9.90 Å². The predicted molar refractivity (Wildman–Crippen MR) is 136 cm³/mol. The molecule has 180 valence electrons. The Kier molecular flexibility index (Phi) is 6.45. The molecule has 1 N–H and O–H groups in total. The minimum Gasteiger partial charge on any atom is -0.489 e. The number of carboxylic acids is 1. The van der Waals surface area contributed by atoms with Crippen molar-refractivity contribution < 1.29 is 24.1 Å². The molecule has 0 unspecified atom stereocenters. The molecule has 3 aromatic carbocycles. The summed E-state index contributed by atoms with van der Waals surface area (Å²) in [5, 5.41) is 12.4. The van der Waals surface area contributed by atoms with E-state index in [1.54, 1.807) is 41.0 Å². The van der Waals surface area contributed by atoms with Crippen LogP contribution in [-0.2, 0) is 19.6 Å². The lowest BCUT2D eigenvalue weighted by molar-refractivity contribution is 0.0685. The van der Waals surface area contributed by atoms with Crippen LogP contribution in [0.3, 0.4) is 0 Å². The Labute approximate surface area is 216 Å². The highest BCUT2D eigenvalue weighted by atomic mass is 35.5. The number of aromatic carboxylic acids is 1. The van der Waals surface area contributed by atoms with Crippen molar-refractivity contribution in [3.63, 3.8) is 0 Å². The lowest BCUT2D eigenvalue weighted by atomic mass is 10.1. The lowest BCUT2D eigenvalue weighted by Crippen LogP contribution is -2.11. The van der Waals surface area contributed by atoms with Crippen molar-refractivity contribution in [2.24, 2.45) is 0 Å². The number of halogens is 3. The lowest BCUT2D eigenvalue weighted by Gasteiger charge is -2.12. The first-order valence-electron chi connectivity index (χ1n) is 10.9. The first kappa shape index (κ1) is 23.7. The van der Waals surface area contributed by atoms with Gasteiger partial charge in [0.2, 0.25) is 6.79 Å². The number of fused-ring (bicyclic) bond motifs is 2. The Balaban J connectivity index is 1.55. The highest BCUT2D eigenvalue weighted by Gasteiger charge is 2.24. The molecule has 1 aliphatic heterocycles. The van der Waals surface area contributed by atoms with Crippen LogP contribution in [0.15, 0.2) is 48.5 Å². The van der Waals surface area contributed by atoms with Gasteiger partial charge in [0.05, 0.1) is 6.54 Å². The van der Waals surface area contributed by atoms with Crippen molar-refractivity contribution in [1.29, 1.82) is 0 Å². The highest BCUT2D eigenvalue weighted by Crippen LogP contribution is 2.38. The minimum absolute atomic E-state index is 0.129. The summed E-state index contributed by atoms with van der Waals surface area (Å²) in [4.78, 5) is 12.3.